The van der Waals surface area contributed by atoms with Crippen LogP contribution >= 0.6 is 11.6 Å². The molecule has 0 aliphatic rings. The molecular formula is C26H33ClF3N3O5S. The fraction of sp³-hybridized carbons (Fsp3) is 0.462. The number of methoxy groups -OCH3 is 1. The Labute approximate surface area is 232 Å². The van der Waals surface area contributed by atoms with Crippen molar-refractivity contribution in [2.75, 3.05) is 24.2 Å². The highest BCUT2D eigenvalue weighted by Crippen LogP contribution is 2.36. The number of alkyl halides is 3. The molecule has 0 aliphatic heterocycles. The molecule has 0 unspecified atom stereocenters. The van der Waals surface area contributed by atoms with Crippen LogP contribution in [0.1, 0.15) is 44.7 Å². The monoisotopic (exact) mass is 591 g/mol. The van der Waals surface area contributed by atoms with Crippen LogP contribution in [-0.2, 0) is 32.3 Å². The van der Waals surface area contributed by atoms with Gasteiger partial charge >= 0.3 is 6.18 Å². The Kier molecular flexibility index (Phi) is 11.1. The van der Waals surface area contributed by atoms with Gasteiger partial charge in [0, 0.05) is 12.6 Å². The minimum absolute atomic E-state index is 0.0869. The highest BCUT2D eigenvalue weighted by molar-refractivity contribution is 7.92. The van der Waals surface area contributed by atoms with Crippen LogP contribution in [0.5, 0.6) is 5.75 Å². The van der Waals surface area contributed by atoms with E-state index in [-0.39, 0.29) is 24.0 Å². The average Bonchev–Trinajstić information content (AvgIpc) is 2.86. The van der Waals surface area contributed by atoms with Crippen molar-refractivity contribution >= 4 is 39.1 Å². The van der Waals surface area contributed by atoms with Crippen molar-refractivity contribution in [3.8, 4) is 5.75 Å². The highest BCUT2D eigenvalue weighted by atomic mass is 35.5. The third-order valence-corrected chi connectivity index (χ3v) is 7.54. The predicted molar refractivity (Wildman–Crippen MR) is 144 cm³/mol. The van der Waals surface area contributed by atoms with Crippen molar-refractivity contribution in [1.29, 1.82) is 0 Å². The Morgan fingerprint density at radius 1 is 1.10 bits per heavy atom. The molecule has 216 valence electrons. The lowest BCUT2D eigenvalue weighted by Gasteiger charge is -2.33. The summed E-state index contributed by atoms with van der Waals surface area (Å²) in [6.07, 6.45) is -3.18. The first-order valence-electron chi connectivity index (χ1n) is 12.2. The number of halogens is 4. The number of anilines is 1. The largest absolute Gasteiger partial charge is 0.497 e. The molecule has 39 heavy (non-hydrogen) atoms. The molecule has 1 N–H and O–H groups in total. The molecule has 8 nitrogen and oxygen atoms in total. The molecule has 2 atom stereocenters. The van der Waals surface area contributed by atoms with E-state index in [0.717, 1.165) is 18.4 Å². The van der Waals surface area contributed by atoms with Crippen LogP contribution in [-0.4, -0.2) is 57.1 Å². The Morgan fingerprint density at radius 3 is 2.31 bits per heavy atom. The van der Waals surface area contributed by atoms with E-state index in [1.54, 1.807) is 38.1 Å². The van der Waals surface area contributed by atoms with Gasteiger partial charge < -0.3 is 15.0 Å². The molecule has 0 bridgehead atoms. The second-order valence-corrected chi connectivity index (χ2v) is 11.4. The summed E-state index contributed by atoms with van der Waals surface area (Å²) in [5.74, 6) is -0.737. The number of rotatable bonds is 12. The number of amides is 2. The van der Waals surface area contributed by atoms with Gasteiger partial charge in [0.1, 0.15) is 18.3 Å². The normalized spacial score (nSPS) is 13.4. The number of nitrogens with zero attached hydrogens (tertiary/aromatic N) is 2. The molecule has 0 aliphatic carbocycles. The van der Waals surface area contributed by atoms with Crippen LogP contribution in [0.4, 0.5) is 18.9 Å². The molecule has 0 heterocycles. The summed E-state index contributed by atoms with van der Waals surface area (Å²) >= 11 is 6.11. The maximum absolute atomic E-state index is 13.7. The number of nitrogens with one attached hydrogen (secondary N) is 1. The molecule has 2 amide bonds. The summed E-state index contributed by atoms with van der Waals surface area (Å²) < 4.78 is 71.4. The van der Waals surface area contributed by atoms with Crippen molar-refractivity contribution in [3.05, 3.63) is 58.6 Å². The van der Waals surface area contributed by atoms with Gasteiger partial charge in [-0.05, 0) is 55.7 Å². The first kappa shape index (κ1) is 32.2. The number of hydrogen-bond donors (Lipinski definition) is 1. The van der Waals surface area contributed by atoms with Crippen LogP contribution in [0, 0.1) is 0 Å². The van der Waals surface area contributed by atoms with E-state index in [1.165, 1.54) is 12.0 Å². The summed E-state index contributed by atoms with van der Waals surface area (Å²) in [5, 5.41) is 2.55. The van der Waals surface area contributed by atoms with Crippen molar-refractivity contribution < 1.29 is 35.9 Å². The molecule has 2 aromatic carbocycles. The Balaban J connectivity index is 2.56. The number of carbonyl (C=O) groups excluding carboxylic acids is 2. The van der Waals surface area contributed by atoms with Crippen LogP contribution in [0.2, 0.25) is 5.02 Å². The van der Waals surface area contributed by atoms with E-state index < -0.39 is 51.9 Å². The minimum atomic E-state index is -4.77. The number of benzene rings is 2. The van der Waals surface area contributed by atoms with E-state index in [0.29, 0.717) is 28.1 Å². The van der Waals surface area contributed by atoms with Gasteiger partial charge in [-0.2, -0.15) is 13.2 Å². The van der Waals surface area contributed by atoms with Crippen molar-refractivity contribution in [2.45, 2.75) is 58.4 Å². The van der Waals surface area contributed by atoms with Crippen LogP contribution < -0.4 is 14.4 Å². The lowest BCUT2D eigenvalue weighted by Crippen LogP contribution is -2.53. The van der Waals surface area contributed by atoms with Gasteiger partial charge in [0.2, 0.25) is 21.8 Å². The topological polar surface area (TPSA) is 96.0 Å². The van der Waals surface area contributed by atoms with Crippen LogP contribution in [0.25, 0.3) is 0 Å². The number of hydrogen-bond acceptors (Lipinski definition) is 5. The van der Waals surface area contributed by atoms with E-state index in [9.17, 15) is 31.2 Å². The molecule has 2 rings (SSSR count). The lowest BCUT2D eigenvalue weighted by molar-refractivity contribution is -0.140. The Morgan fingerprint density at radius 2 is 1.77 bits per heavy atom. The predicted octanol–water partition coefficient (Wildman–Crippen LogP) is 4.86. The first-order valence-corrected chi connectivity index (χ1v) is 14.4. The lowest BCUT2D eigenvalue weighted by atomic mass is 10.1. The molecule has 0 fully saturated rings. The van der Waals surface area contributed by atoms with E-state index in [2.05, 4.69) is 5.32 Å². The summed E-state index contributed by atoms with van der Waals surface area (Å²) in [7, 11) is -2.81. The minimum Gasteiger partial charge on any atom is -0.497 e. The van der Waals surface area contributed by atoms with Crippen molar-refractivity contribution in [2.24, 2.45) is 0 Å². The quantitative estimate of drug-likeness (QED) is 0.380. The second kappa shape index (κ2) is 13.4. The third-order valence-electron chi connectivity index (χ3n) is 6.10. The Bertz CT molecular complexity index is 1270. The van der Waals surface area contributed by atoms with Gasteiger partial charge in [-0.25, -0.2) is 8.42 Å². The zero-order chi connectivity index (χ0) is 29.5. The molecule has 0 aromatic heterocycles. The molecular weight excluding hydrogens is 559 g/mol. The fourth-order valence-electron chi connectivity index (χ4n) is 3.80. The van der Waals surface area contributed by atoms with E-state index in [4.69, 9.17) is 16.3 Å². The summed E-state index contributed by atoms with van der Waals surface area (Å²) in [4.78, 5) is 28.1. The van der Waals surface area contributed by atoms with Gasteiger partial charge in [0.25, 0.3) is 0 Å². The molecule has 0 radical (unpaired) electrons. The molecule has 0 saturated carbocycles. The van der Waals surface area contributed by atoms with Crippen LogP contribution in [0.3, 0.4) is 0 Å². The average molecular weight is 592 g/mol. The fourth-order valence-corrected chi connectivity index (χ4v) is 4.93. The number of ether oxygens (including phenoxy) is 1. The van der Waals surface area contributed by atoms with Crippen LogP contribution in [0.15, 0.2) is 42.5 Å². The summed E-state index contributed by atoms with van der Waals surface area (Å²) in [5.41, 5.74) is -1.03. The van der Waals surface area contributed by atoms with Gasteiger partial charge in [0.15, 0.2) is 0 Å². The highest BCUT2D eigenvalue weighted by Gasteiger charge is 2.35. The van der Waals surface area contributed by atoms with Gasteiger partial charge in [0.05, 0.1) is 29.6 Å². The Hall–Kier alpha value is -2.99. The van der Waals surface area contributed by atoms with Gasteiger partial charge in [-0.3, -0.25) is 13.9 Å². The van der Waals surface area contributed by atoms with Gasteiger partial charge in [-0.15, -0.1) is 0 Å². The smallest absolute Gasteiger partial charge is 0.416 e. The van der Waals surface area contributed by atoms with E-state index >= 15 is 0 Å². The second-order valence-electron chi connectivity index (χ2n) is 9.05. The number of carbonyl (C=O) groups is 2. The maximum atomic E-state index is 13.7. The third kappa shape index (κ3) is 8.76. The summed E-state index contributed by atoms with van der Waals surface area (Å²) in [6, 6.07) is 7.81. The zero-order valence-corrected chi connectivity index (χ0v) is 24.0. The van der Waals surface area contributed by atoms with Crippen molar-refractivity contribution in [3.63, 3.8) is 0 Å². The van der Waals surface area contributed by atoms with Crippen molar-refractivity contribution in [1.82, 2.24) is 10.2 Å². The molecule has 0 saturated heterocycles. The van der Waals surface area contributed by atoms with E-state index in [1.807, 2.05) is 6.92 Å². The molecule has 13 heteroatoms. The maximum Gasteiger partial charge on any atom is 0.416 e. The zero-order valence-electron chi connectivity index (χ0n) is 22.4. The standard InChI is InChI=1S/C26H33ClF3N3O5S/c1-6-17(3)31-25(35)22(7-2)32(15-18-9-8-10-20(13-18)38-4)24(34)16-33(39(5,36)37)23-14-19(26(28,29)30)11-12-21(23)27/h8-14,17,22H,6-7,15-16H2,1-5H3,(H,31,35)/t17-,22+/m0/s1. The molecule has 0 spiro atoms. The first-order chi connectivity index (χ1) is 18.1. The number of sulfonamides is 1. The molecule has 2 aromatic rings. The SMILES string of the molecule is CC[C@H](C(=O)N[C@@H](C)CC)N(Cc1cccc(OC)c1)C(=O)CN(c1cc(C(F)(F)F)ccc1Cl)S(C)(=O)=O. The van der Waals surface area contributed by atoms with Gasteiger partial charge in [-0.1, -0.05) is 37.6 Å². The summed E-state index contributed by atoms with van der Waals surface area (Å²) in [6.45, 7) is 4.42.